The molecule has 0 N–H and O–H groups in total. The Hall–Kier alpha value is -18.7. The van der Waals surface area contributed by atoms with E-state index < -0.39 is 10.8 Å². The van der Waals surface area contributed by atoms with Crippen molar-refractivity contribution < 1.29 is 0 Å². The van der Waals surface area contributed by atoms with Crippen molar-refractivity contribution in [3.63, 3.8) is 0 Å². The fourth-order valence-corrected chi connectivity index (χ4v) is 26.0. The van der Waals surface area contributed by atoms with Gasteiger partial charge in [-0.05, 0) is 297 Å². The van der Waals surface area contributed by atoms with Crippen LogP contribution in [0.3, 0.4) is 0 Å². The van der Waals surface area contributed by atoms with Crippen molar-refractivity contribution in [3.8, 4) is 106 Å². The molecule has 5 nitrogen and oxygen atoms in total. The summed E-state index contributed by atoms with van der Waals surface area (Å²) in [5, 5.41) is 4.98. The average Bonchev–Trinajstić information content (AvgIpc) is 1.50. The van der Waals surface area contributed by atoms with Gasteiger partial charge in [-0.15, -0.1) is 11.3 Å². The van der Waals surface area contributed by atoms with Crippen molar-refractivity contribution in [2.24, 2.45) is 0 Å². The second-order valence-electron chi connectivity index (χ2n) is 38.8. The number of nitrogens with zero attached hydrogens (tertiary/aromatic N) is 5. The Balaban J connectivity index is 0.516. The maximum absolute atomic E-state index is 2.53. The number of para-hydroxylation sites is 9. The van der Waals surface area contributed by atoms with Crippen molar-refractivity contribution >= 4 is 122 Å². The molecule has 682 valence electrons. The normalized spacial score (nSPS) is 13.0. The molecule has 0 fully saturated rings. The minimum atomic E-state index is -0.739. The Bertz CT molecular complexity index is 9400. The molecule has 0 unspecified atom stereocenters. The first-order valence-corrected chi connectivity index (χ1v) is 51.2. The summed E-state index contributed by atoms with van der Waals surface area (Å²) in [6, 6.07) is 207. The molecule has 0 atom stereocenters. The van der Waals surface area contributed by atoms with E-state index in [1.165, 1.54) is 148 Å². The zero-order chi connectivity index (χ0) is 96.1. The number of hydrogen-bond donors (Lipinski definition) is 0. The number of thiophene rings is 1. The topological polar surface area (TPSA) is 17.9 Å². The summed E-state index contributed by atoms with van der Waals surface area (Å²) >= 11 is 1.87. The van der Waals surface area contributed by atoms with Gasteiger partial charge in [0.2, 0.25) is 0 Å². The molecule has 4 heterocycles. The molecule has 6 heteroatoms. The lowest BCUT2D eigenvalue weighted by atomic mass is 9.64. The minimum Gasteiger partial charge on any atom is -0.310 e. The van der Waals surface area contributed by atoms with Gasteiger partial charge in [0.1, 0.15) is 0 Å². The number of aromatic nitrogens is 1. The van der Waals surface area contributed by atoms with Gasteiger partial charge in [-0.3, -0.25) is 0 Å². The van der Waals surface area contributed by atoms with Gasteiger partial charge in [0.05, 0.1) is 56.0 Å². The average molecular weight is 1880 g/mol. The minimum absolute atomic E-state index is 0.657. The van der Waals surface area contributed by atoms with Gasteiger partial charge in [-0.1, -0.05) is 388 Å². The van der Waals surface area contributed by atoms with E-state index in [0.717, 1.165) is 113 Å². The molecule has 2 aliphatic carbocycles. The van der Waals surface area contributed by atoms with Crippen molar-refractivity contribution in [2.75, 3.05) is 19.6 Å². The number of rotatable bonds is 16. The quantitative estimate of drug-likeness (QED) is 0.0959. The third-order valence-corrected chi connectivity index (χ3v) is 32.3. The number of benzene rings is 23. The summed E-state index contributed by atoms with van der Waals surface area (Å²) in [6.45, 7) is 0. The van der Waals surface area contributed by atoms with Crippen LogP contribution in [0, 0.1) is 0 Å². The van der Waals surface area contributed by atoms with Crippen LogP contribution >= 0.6 is 11.3 Å². The van der Waals surface area contributed by atoms with E-state index in [2.05, 4.69) is 576 Å². The Morgan fingerprint density at radius 1 is 0.164 bits per heavy atom. The van der Waals surface area contributed by atoms with Crippen LogP contribution in [0.15, 0.2) is 552 Å². The molecule has 0 bridgehead atoms. The maximum Gasteiger partial charge on any atom is 0.0755 e. The Morgan fingerprint density at radius 2 is 0.486 bits per heavy atom. The predicted octanol–water partition coefficient (Wildman–Crippen LogP) is 38.1. The largest absolute Gasteiger partial charge is 0.310 e. The van der Waals surface area contributed by atoms with Gasteiger partial charge in [0, 0.05) is 81.9 Å². The van der Waals surface area contributed by atoms with Crippen LogP contribution in [0.1, 0.15) is 44.5 Å². The van der Waals surface area contributed by atoms with Gasteiger partial charge < -0.3 is 24.2 Å². The molecule has 2 aliphatic heterocycles. The third-order valence-electron chi connectivity index (χ3n) is 31.1. The summed E-state index contributed by atoms with van der Waals surface area (Å²) < 4.78 is 4.91. The van der Waals surface area contributed by atoms with Crippen LogP contribution in [0.5, 0.6) is 0 Å². The lowest BCUT2D eigenvalue weighted by molar-refractivity contribution is 0.752. The van der Waals surface area contributed by atoms with Crippen LogP contribution < -0.4 is 19.6 Å². The smallest absolute Gasteiger partial charge is 0.0755 e. The summed E-state index contributed by atoms with van der Waals surface area (Å²) in [4.78, 5) is 10.0. The van der Waals surface area contributed by atoms with Crippen LogP contribution in [0.4, 0.5) is 68.2 Å². The van der Waals surface area contributed by atoms with Crippen molar-refractivity contribution in [1.82, 2.24) is 4.57 Å². The van der Waals surface area contributed by atoms with Crippen LogP contribution in [0.2, 0.25) is 0 Å². The van der Waals surface area contributed by atoms with Crippen LogP contribution in [-0.2, 0) is 10.8 Å². The van der Waals surface area contributed by atoms with Gasteiger partial charge in [-0.2, -0.15) is 0 Å². The monoisotopic (exact) mass is 1870 g/mol. The number of fused-ring (bicyclic) bond motifs is 24. The highest BCUT2D eigenvalue weighted by molar-refractivity contribution is 7.25. The second kappa shape index (κ2) is 34.0. The first kappa shape index (κ1) is 84.2. The maximum atomic E-state index is 2.53. The Kier molecular flexibility index (Phi) is 19.6. The standard InChI is InChI=1S/C140H91N5S/c1-4-34-92(35-5-1)96-38-30-42-102(84-96)111-48-12-22-60-129(111)141(105-74-68-94(69-75-105)98-40-32-46-107(86-98)144-131-62-24-14-52-117(131)118-53-15-25-63-132(118)144)110-79-82-116-114-51-11-17-55-122(114)140(128(116)91-110)125-58-20-28-66-135(125)145(136-67-29-21-59-126(136)140)108-47-33-41-99(87-108)100-73-83-137-120(88-100)119-80-72-101(89-138(119)146-137)95-70-76-106(77-71-95)142(130-61-23-13-49-112(130)103-43-31-39-97(85-103)93-36-6-2-7-37-93)109-78-81-115-113-50-10-16-54-121(113)139(127(115)90-109)123-56-18-26-64-133(123)143(104-44-8-3-9-45-104)134-65-27-19-57-124(134)139/h1-91H. The molecule has 2 spiro atoms. The van der Waals surface area contributed by atoms with Crippen LogP contribution in [0.25, 0.3) is 148 Å². The molecule has 23 aromatic carbocycles. The van der Waals surface area contributed by atoms with Gasteiger partial charge in [0.15, 0.2) is 0 Å². The van der Waals surface area contributed by atoms with Gasteiger partial charge in [-0.25, -0.2) is 0 Å². The Morgan fingerprint density at radius 3 is 0.979 bits per heavy atom. The second-order valence-corrected chi connectivity index (χ2v) is 39.9. The van der Waals surface area contributed by atoms with E-state index in [-0.39, 0.29) is 0 Å². The first-order chi connectivity index (χ1) is 72.4. The SMILES string of the molecule is c1ccc(-c2cccc(-c3ccccc3N(c3ccc(-c4ccc5c(c4)sc4ccc(-c6cccc(N7c8ccccc8C8(c9ccccc9-c9ccc(N(c%10ccc(-c%11cccc(-n%12c%13ccccc%13c%13ccccc%13%12)c%11)cc%10)c%10ccccc%10-c%10cccc(-c%11ccccc%11)c%10)cc98)c8ccccc87)c6)cc45)cc3)c3ccc4c(c3)C3(c5ccccc5-4)c4ccccc4N(c4ccccc4)c4ccccc43)c2)cc1. The highest BCUT2D eigenvalue weighted by atomic mass is 32.1. The zero-order valence-electron chi connectivity index (χ0n) is 79.7. The van der Waals surface area contributed by atoms with Gasteiger partial charge in [0.25, 0.3) is 0 Å². The van der Waals surface area contributed by atoms with E-state index in [4.69, 9.17) is 0 Å². The molecule has 29 rings (SSSR count). The van der Waals surface area contributed by atoms with E-state index >= 15 is 0 Å². The van der Waals surface area contributed by atoms with E-state index in [0.29, 0.717) is 0 Å². The summed E-state index contributed by atoms with van der Waals surface area (Å²) in [5.41, 5.74) is 46.4. The first-order valence-electron chi connectivity index (χ1n) is 50.4. The number of hydrogen-bond acceptors (Lipinski definition) is 5. The van der Waals surface area contributed by atoms with Gasteiger partial charge >= 0.3 is 0 Å². The van der Waals surface area contributed by atoms with Crippen molar-refractivity contribution in [1.29, 1.82) is 0 Å². The molecule has 0 saturated heterocycles. The predicted molar refractivity (Wildman–Crippen MR) is 612 cm³/mol. The molecule has 4 aliphatic rings. The summed E-state index contributed by atoms with van der Waals surface area (Å²) in [6.07, 6.45) is 0. The Labute approximate surface area is 852 Å². The lowest BCUT2D eigenvalue weighted by Gasteiger charge is -2.45. The number of anilines is 12. The zero-order valence-corrected chi connectivity index (χ0v) is 80.5. The lowest BCUT2D eigenvalue weighted by Crippen LogP contribution is -2.36. The fourth-order valence-electron chi connectivity index (χ4n) is 24.9. The molecule has 0 amide bonds. The van der Waals surface area contributed by atoms with Crippen molar-refractivity contribution in [3.05, 3.63) is 597 Å². The summed E-state index contributed by atoms with van der Waals surface area (Å²) in [5.74, 6) is 0. The van der Waals surface area contributed by atoms with Crippen molar-refractivity contribution in [2.45, 2.75) is 10.8 Å². The summed E-state index contributed by atoms with van der Waals surface area (Å²) in [7, 11) is 0. The molecular weight excluding hydrogens is 1780 g/mol. The molecule has 2 aromatic heterocycles. The molecular formula is C140H91N5S. The van der Waals surface area contributed by atoms with E-state index in [9.17, 15) is 0 Å². The highest BCUT2D eigenvalue weighted by Crippen LogP contribution is 2.67. The third kappa shape index (κ3) is 13.2. The highest BCUT2D eigenvalue weighted by Gasteiger charge is 2.54. The molecule has 25 aromatic rings. The molecule has 0 saturated carbocycles. The fraction of sp³-hybridized carbons (Fsp3) is 0.0143. The molecule has 146 heavy (non-hydrogen) atoms. The van der Waals surface area contributed by atoms with E-state index in [1.807, 2.05) is 11.3 Å². The van der Waals surface area contributed by atoms with E-state index in [1.54, 1.807) is 0 Å². The van der Waals surface area contributed by atoms with Crippen LogP contribution in [-0.4, -0.2) is 4.57 Å². The molecule has 0 radical (unpaired) electrons.